The van der Waals surface area contributed by atoms with Gasteiger partial charge in [0.2, 0.25) is 0 Å². The molecule has 1 saturated heterocycles. The molecule has 0 spiro atoms. The molecule has 0 aliphatic carbocycles. The molecule has 1 fully saturated rings. The number of carboxylic acids is 1. The molecule has 3 nitrogen and oxygen atoms in total. The summed E-state index contributed by atoms with van der Waals surface area (Å²) in [6, 6.07) is 5.18. The van der Waals surface area contributed by atoms with Crippen LogP contribution in [0.25, 0.3) is 0 Å². The second kappa shape index (κ2) is 5.92. The molecule has 0 radical (unpaired) electrons. The third kappa shape index (κ3) is 3.01. The average molecular weight is 279 g/mol. The maximum absolute atomic E-state index is 13.2. The molecule has 1 aliphatic rings. The van der Waals surface area contributed by atoms with Gasteiger partial charge in [0.05, 0.1) is 5.41 Å². The second-order valence-corrected chi connectivity index (χ2v) is 5.80. The largest absolute Gasteiger partial charge is 0.481 e. The normalized spacial score (nSPS) is 18.9. The van der Waals surface area contributed by atoms with Gasteiger partial charge in [-0.2, -0.15) is 0 Å². The van der Waals surface area contributed by atoms with E-state index in [0.29, 0.717) is 24.8 Å². The third-order valence-corrected chi connectivity index (χ3v) is 4.57. The van der Waals surface area contributed by atoms with E-state index >= 15 is 0 Å². The first-order valence-corrected chi connectivity index (χ1v) is 7.17. The van der Waals surface area contributed by atoms with E-state index in [2.05, 4.69) is 4.90 Å². The maximum Gasteiger partial charge on any atom is 0.309 e. The van der Waals surface area contributed by atoms with E-state index in [1.54, 1.807) is 13.0 Å². The van der Waals surface area contributed by atoms with Crippen molar-refractivity contribution >= 4 is 5.97 Å². The third-order valence-electron chi connectivity index (χ3n) is 4.57. The van der Waals surface area contributed by atoms with Gasteiger partial charge < -0.3 is 5.11 Å². The summed E-state index contributed by atoms with van der Waals surface area (Å²) in [6.45, 7) is 6.06. The van der Waals surface area contributed by atoms with Gasteiger partial charge in [-0.05, 0) is 56.5 Å². The van der Waals surface area contributed by atoms with Crippen LogP contribution in [0.15, 0.2) is 18.2 Å². The lowest BCUT2D eigenvalue weighted by atomic mass is 9.76. The zero-order chi connectivity index (χ0) is 14.8. The van der Waals surface area contributed by atoms with Gasteiger partial charge >= 0.3 is 5.97 Å². The molecule has 0 aromatic heterocycles. The lowest BCUT2D eigenvalue weighted by molar-refractivity contribution is -0.152. The first-order valence-electron chi connectivity index (χ1n) is 7.17. The molecule has 1 heterocycles. The molecule has 110 valence electrons. The van der Waals surface area contributed by atoms with Crippen molar-refractivity contribution in [2.75, 3.05) is 13.1 Å². The van der Waals surface area contributed by atoms with Crippen molar-refractivity contribution < 1.29 is 14.3 Å². The van der Waals surface area contributed by atoms with E-state index in [1.165, 1.54) is 6.07 Å². The number of aliphatic carboxylic acids is 1. The molecule has 1 aromatic carbocycles. The molecule has 0 bridgehead atoms. The summed E-state index contributed by atoms with van der Waals surface area (Å²) in [7, 11) is 0. The molecular formula is C16H22FNO2. The fraction of sp³-hybridized carbons (Fsp3) is 0.562. The number of carboxylic acid groups (broad SMARTS) is 1. The van der Waals surface area contributed by atoms with Crippen molar-refractivity contribution in [3.05, 3.63) is 35.1 Å². The number of nitrogens with zero attached hydrogens (tertiary/aromatic N) is 1. The summed E-state index contributed by atoms with van der Waals surface area (Å²) in [4.78, 5) is 13.6. The molecule has 1 aromatic rings. The number of likely N-dealkylation sites (tertiary alicyclic amines) is 1. The second-order valence-electron chi connectivity index (χ2n) is 5.80. The number of benzene rings is 1. The predicted molar refractivity (Wildman–Crippen MR) is 76.0 cm³/mol. The molecule has 2 rings (SSSR count). The van der Waals surface area contributed by atoms with Crippen LogP contribution in [-0.2, 0) is 11.3 Å². The number of rotatable bonds is 4. The van der Waals surface area contributed by atoms with Crippen molar-refractivity contribution in [1.29, 1.82) is 0 Å². The monoisotopic (exact) mass is 279 g/mol. The molecular weight excluding hydrogens is 257 g/mol. The Morgan fingerprint density at radius 2 is 2.05 bits per heavy atom. The SMILES string of the molecule is CCC1(C(=O)O)CCN(Cc2ccc(F)c(C)c2)CC1. The van der Waals surface area contributed by atoms with Gasteiger partial charge in [-0.25, -0.2) is 4.39 Å². The van der Waals surface area contributed by atoms with E-state index in [-0.39, 0.29) is 5.82 Å². The van der Waals surface area contributed by atoms with Crippen LogP contribution < -0.4 is 0 Å². The lowest BCUT2D eigenvalue weighted by Gasteiger charge is -2.38. The van der Waals surface area contributed by atoms with E-state index in [9.17, 15) is 14.3 Å². The Bertz CT molecular complexity index is 493. The highest BCUT2D eigenvalue weighted by Gasteiger charge is 2.39. The summed E-state index contributed by atoms with van der Waals surface area (Å²) in [5.74, 6) is -0.847. The highest BCUT2D eigenvalue weighted by atomic mass is 19.1. The van der Waals surface area contributed by atoms with Gasteiger partial charge in [-0.3, -0.25) is 9.69 Å². The molecule has 0 atom stereocenters. The Labute approximate surface area is 119 Å². The quantitative estimate of drug-likeness (QED) is 0.920. The summed E-state index contributed by atoms with van der Waals surface area (Å²) >= 11 is 0. The molecule has 4 heteroatoms. The van der Waals surface area contributed by atoms with E-state index in [0.717, 1.165) is 25.2 Å². The summed E-state index contributed by atoms with van der Waals surface area (Å²) in [5.41, 5.74) is 1.20. The van der Waals surface area contributed by atoms with Crippen LogP contribution in [-0.4, -0.2) is 29.1 Å². The summed E-state index contributed by atoms with van der Waals surface area (Å²) < 4.78 is 13.2. The Morgan fingerprint density at radius 1 is 1.40 bits per heavy atom. The van der Waals surface area contributed by atoms with E-state index in [1.807, 2.05) is 13.0 Å². The van der Waals surface area contributed by atoms with Crippen molar-refractivity contribution in [2.45, 2.75) is 39.7 Å². The van der Waals surface area contributed by atoms with Crippen LogP contribution >= 0.6 is 0 Å². The van der Waals surface area contributed by atoms with Gasteiger partial charge in [0.1, 0.15) is 5.82 Å². The van der Waals surface area contributed by atoms with Gasteiger partial charge in [-0.15, -0.1) is 0 Å². The molecule has 1 aliphatic heterocycles. The van der Waals surface area contributed by atoms with Crippen LogP contribution in [0.4, 0.5) is 4.39 Å². The fourth-order valence-corrected chi connectivity index (χ4v) is 2.92. The maximum atomic E-state index is 13.2. The minimum Gasteiger partial charge on any atom is -0.481 e. The first kappa shape index (κ1) is 15.0. The molecule has 0 unspecified atom stereocenters. The minimum absolute atomic E-state index is 0.178. The molecule has 0 saturated carbocycles. The molecule has 1 N–H and O–H groups in total. The standard InChI is InChI=1S/C16H22FNO2/c1-3-16(15(19)20)6-8-18(9-7-16)11-13-4-5-14(17)12(2)10-13/h4-5,10H,3,6-9,11H2,1-2H3,(H,19,20). The van der Waals surface area contributed by atoms with Gasteiger partial charge in [-0.1, -0.05) is 19.1 Å². The van der Waals surface area contributed by atoms with Crippen molar-refractivity contribution in [2.24, 2.45) is 5.41 Å². The topological polar surface area (TPSA) is 40.5 Å². The zero-order valence-corrected chi connectivity index (χ0v) is 12.2. The van der Waals surface area contributed by atoms with E-state index in [4.69, 9.17) is 0 Å². The Balaban J connectivity index is 1.97. The number of aryl methyl sites for hydroxylation is 1. The van der Waals surface area contributed by atoms with E-state index < -0.39 is 11.4 Å². The van der Waals surface area contributed by atoms with Crippen LogP contribution in [0.5, 0.6) is 0 Å². The molecule has 20 heavy (non-hydrogen) atoms. The molecule has 0 amide bonds. The van der Waals surface area contributed by atoms with Gasteiger partial charge in [0.25, 0.3) is 0 Å². The summed E-state index contributed by atoms with van der Waals surface area (Å²) in [5, 5.41) is 9.37. The highest BCUT2D eigenvalue weighted by molar-refractivity contribution is 5.74. The zero-order valence-electron chi connectivity index (χ0n) is 12.2. The number of halogens is 1. The highest BCUT2D eigenvalue weighted by Crippen LogP contribution is 2.35. The fourth-order valence-electron chi connectivity index (χ4n) is 2.92. The Hall–Kier alpha value is -1.42. The van der Waals surface area contributed by atoms with Crippen molar-refractivity contribution in [1.82, 2.24) is 4.90 Å². The summed E-state index contributed by atoms with van der Waals surface area (Å²) in [6.07, 6.45) is 2.07. The number of piperidine rings is 1. The number of carbonyl (C=O) groups is 1. The average Bonchev–Trinajstić information content (AvgIpc) is 2.44. The van der Waals surface area contributed by atoms with Crippen molar-refractivity contribution in [3.8, 4) is 0 Å². The predicted octanol–water partition coefficient (Wildman–Crippen LogP) is 3.21. The lowest BCUT2D eigenvalue weighted by Crippen LogP contribution is -2.43. The minimum atomic E-state index is -0.669. The van der Waals surface area contributed by atoms with Gasteiger partial charge in [0, 0.05) is 6.54 Å². The van der Waals surface area contributed by atoms with Crippen molar-refractivity contribution in [3.63, 3.8) is 0 Å². The van der Waals surface area contributed by atoms with Crippen LogP contribution in [0.1, 0.15) is 37.3 Å². The van der Waals surface area contributed by atoms with Crippen LogP contribution in [0.2, 0.25) is 0 Å². The first-order chi connectivity index (χ1) is 9.47. The number of hydrogen-bond donors (Lipinski definition) is 1. The number of hydrogen-bond acceptors (Lipinski definition) is 2. The smallest absolute Gasteiger partial charge is 0.309 e. The Kier molecular flexibility index (Phi) is 4.43. The van der Waals surface area contributed by atoms with Crippen LogP contribution in [0, 0.1) is 18.2 Å². The van der Waals surface area contributed by atoms with Crippen LogP contribution in [0.3, 0.4) is 0 Å². The van der Waals surface area contributed by atoms with Gasteiger partial charge in [0.15, 0.2) is 0 Å². The Morgan fingerprint density at radius 3 is 2.55 bits per heavy atom.